The monoisotopic (exact) mass is 345 g/mol. The fourth-order valence-corrected chi connectivity index (χ4v) is 3.14. The summed E-state index contributed by atoms with van der Waals surface area (Å²) in [5.74, 6) is 0. The van der Waals surface area contributed by atoms with Crippen molar-refractivity contribution in [1.29, 1.82) is 5.41 Å². The van der Waals surface area contributed by atoms with Crippen LogP contribution in [-0.4, -0.2) is 33.7 Å². The van der Waals surface area contributed by atoms with Crippen LogP contribution in [0.3, 0.4) is 0 Å². The van der Waals surface area contributed by atoms with E-state index in [1.54, 1.807) is 16.8 Å². The smallest absolute Gasteiger partial charge is 0.258 e. The largest absolute Gasteiger partial charge is 0.313 e. The van der Waals surface area contributed by atoms with Crippen LogP contribution >= 0.6 is 0 Å². The van der Waals surface area contributed by atoms with E-state index < -0.39 is 0 Å². The average molecular weight is 345 g/mol. The molecule has 0 saturated heterocycles. The fraction of sp³-hybridized carbons (Fsp3) is 0.200. The highest BCUT2D eigenvalue weighted by molar-refractivity contribution is 5.82. The molecule has 0 spiro atoms. The van der Waals surface area contributed by atoms with Crippen LogP contribution in [0.2, 0.25) is 0 Å². The zero-order valence-electron chi connectivity index (χ0n) is 14.5. The Bertz CT molecular complexity index is 1100. The summed E-state index contributed by atoms with van der Waals surface area (Å²) >= 11 is 0. The van der Waals surface area contributed by atoms with Gasteiger partial charge in [0.15, 0.2) is 5.65 Å². The van der Waals surface area contributed by atoms with Crippen molar-refractivity contribution in [3.05, 3.63) is 69.9 Å². The minimum Gasteiger partial charge on any atom is -0.313 e. The normalized spacial score (nSPS) is 14.3. The van der Waals surface area contributed by atoms with Gasteiger partial charge < -0.3 is 10.7 Å². The van der Waals surface area contributed by atoms with Crippen molar-refractivity contribution in [2.24, 2.45) is 0 Å². The summed E-state index contributed by atoms with van der Waals surface area (Å²) in [6.07, 6.45) is 7.73. The number of benzene rings is 1. The van der Waals surface area contributed by atoms with E-state index in [0.717, 1.165) is 47.5 Å². The molecule has 6 heteroatoms. The van der Waals surface area contributed by atoms with Crippen LogP contribution in [0.1, 0.15) is 23.2 Å². The molecule has 0 radical (unpaired) electrons. The van der Waals surface area contributed by atoms with E-state index in [4.69, 9.17) is 5.41 Å². The van der Waals surface area contributed by atoms with E-state index in [-0.39, 0.29) is 5.56 Å². The highest BCUT2D eigenvalue weighted by Crippen LogP contribution is 2.21. The molecule has 0 fully saturated rings. The Hall–Kier alpha value is -3.12. The molecular weight excluding hydrogens is 326 g/mol. The average Bonchev–Trinajstić information content (AvgIpc) is 2.68. The van der Waals surface area contributed by atoms with Gasteiger partial charge in [-0.2, -0.15) is 0 Å². The SMILES string of the molecule is Cc1ccc(-c2cc(=O)n3cc(C4=CCNCC4)ncc3n2)cc1C=N. The van der Waals surface area contributed by atoms with E-state index in [1.165, 1.54) is 12.3 Å². The lowest BCUT2D eigenvalue weighted by atomic mass is 10.0. The molecule has 3 heterocycles. The second kappa shape index (κ2) is 6.65. The van der Waals surface area contributed by atoms with E-state index in [2.05, 4.69) is 21.4 Å². The molecule has 130 valence electrons. The Morgan fingerprint density at radius 1 is 1.27 bits per heavy atom. The molecule has 1 aliphatic heterocycles. The van der Waals surface area contributed by atoms with Gasteiger partial charge in [-0.15, -0.1) is 0 Å². The number of hydrogen-bond acceptors (Lipinski definition) is 5. The summed E-state index contributed by atoms with van der Waals surface area (Å²) in [6.45, 7) is 3.69. The Morgan fingerprint density at radius 3 is 2.92 bits per heavy atom. The summed E-state index contributed by atoms with van der Waals surface area (Å²) in [5, 5.41) is 10.8. The van der Waals surface area contributed by atoms with E-state index in [9.17, 15) is 4.79 Å². The number of hydrogen-bond donors (Lipinski definition) is 2. The molecule has 4 rings (SSSR count). The Balaban J connectivity index is 1.81. The standard InChI is InChI=1S/C20H19N5O/c1-13-2-3-15(8-16(13)10-21)17-9-20(26)25-12-18(23-11-19(25)24-17)14-4-6-22-7-5-14/h2-4,8-12,21-22H,5-7H2,1H3. The number of rotatable bonds is 3. The van der Waals surface area contributed by atoms with Crippen molar-refractivity contribution in [3.63, 3.8) is 0 Å². The summed E-state index contributed by atoms with van der Waals surface area (Å²) < 4.78 is 1.54. The molecule has 2 N–H and O–H groups in total. The van der Waals surface area contributed by atoms with Gasteiger partial charge >= 0.3 is 0 Å². The van der Waals surface area contributed by atoms with Crippen molar-refractivity contribution >= 4 is 17.4 Å². The third kappa shape index (κ3) is 2.95. The summed E-state index contributed by atoms with van der Waals surface area (Å²) in [7, 11) is 0. The van der Waals surface area contributed by atoms with Gasteiger partial charge in [-0.3, -0.25) is 14.2 Å². The highest BCUT2D eigenvalue weighted by atomic mass is 16.1. The predicted octanol–water partition coefficient (Wildman–Crippen LogP) is 2.44. The predicted molar refractivity (Wildman–Crippen MR) is 103 cm³/mol. The van der Waals surface area contributed by atoms with Gasteiger partial charge in [-0.05, 0) is 42.7 Å². The molecule has 0 unspecified atom stereocenters. The molecule has 0 amide bonds. The topological polar surface area (TPSA) is 83.1 Å². The Kier molecular flexibility index (Phi) is 4.18. The molecule has 26 heavy (non-hydrogen) atoms. The zero-order valence-corrected chi connectivity index (χ0v) is 14.5. The number of aryl methyl sites for hydroxylation is 1. The first-order chi connectivity index (χ1) is 12.7. The molecule has 2 aromatic heterocycles. The van der Waals surface area contributed by atoms with Gasteiger partial charge in [-0.1, -0.05) is 18.2 Å². The minimum absolute atomic E-state index is 0.139. The third-order valence-electron chi connectivity index (χ3n) is 4.67. The molecule has 0 bridgehead atoms. The van der Waals surface area contributed by atoms with Crippen LogP contribution in [-0.2, 0) is 0 Å². The number of nitrogens with one attached hydrogen (secondary N) is 2. The van der Waals surface area contributed by atoms with E-state index in [1.807, 2.05) is 25.1 Å². The van der Waals surface area contributed by atoms with Crippen LogP contribution in [0.4, 0.5) is 0 Å². The van der Waals surface area contributed by atoms with Crippen LogP contribution < -0.4 is 10.9 Å². The number of fused-ring (bicyclic) bond motifs is 1. The summed E-state index contributed by atoms with van der Waals surface area (Å²) in [4.78, 5) is 21.7. The first-order valence-electron chi connectivity index (χ1n) is 8.57. The fourth-order valence-electron chi connectivity index (χ4n) is 3.14. The van der Waals surface area contributed by atoms with Gasteiger partial charge in [0.25, 0.3) is 5.56 Å². The molecule has 1 aromatic carbocycles. The summed E-state index contributed by atoms with van der Waals surface area (Å²) in [6, 6.07) is 7.26. The van der Waals surface area contributed by atoms with Crippen LogP contribution in [0.25, 0.3) is 22.5 Å². The van der Waals surface area contributed by atoms with Crippen molar-refractivity contribution in [1.82, 2.24) is 19.7 Å². The molecule has 3 aromatic rings. The first kappa shape index (κ1) is 16.4. The third-order valence-corrected chi connectivity index (χ3v) is 4.67. The van der Waals surface area contributed by atoms with Gasteiger partial charge in [0.1, 0.15) is 0 Å². The molecule has 0 saturated carbocycles. The lowest BCUT2D eigenvalue weighted by Gasteiger charge is -2.14. The van der Waals surface area contributed by atoms with Gasteiger partial charge in [0, 0.05) is 30.6 Å². The summed E-state index contributed by atoms with van der Waals surface area (Å²) in [5.41, 5.74) is 5.59. The number of aromatic nitrogens is 3. The molecule has 6 nitrogen and oxygen atoms in total. The maximum absolute atomic E-state index is 12.6. The van der Waals surface area contributed by atoms with E-state index >= 15 is 0 Å². The van der Waals surface area contributed by atoms with Crippen molar-refractivity contribution < 1.29 is 0 Å². The second-order valence-electron chi connectivity index (χ2n) is 6.38. The van der Waals surface area contributed by atoms with Crippen LogP contribution in [0.5, 0.6) is 0 Å². The molecule has 1 aliphatic rings. The van der Waals surface area contributed by atoms with Crippen molar-refractivity contribution in [3.8, 4) is 11.3 Å². The quantitative estimate of drug-likeness (QED) is 0.714. The Morgan fingerprint density at radius 2 is 2.15 bits per heavy atom. The number of nitrogens with zero attached hydrogens (tertiary/aromatic N) is 3. The van der Waals surface area contributed by atoms with Gasteiger partial charge in [0.2, 0.25) is 0 Å². The van der Waals surface area contributed by atoms with Gasteiger partial charge in [0.05, 0.1) is 17.6 Å². The van der Waals surface area contributed by atoms with Crippen LogP contribution in [0, 0.1) is 12.3 Å². The van der Waals surface area contributed by atoms with Crippen molar-refractivity contribution in [2.75, 3.05) is 13.1 Å². The highest BCUT2D eigenvalue weighted by Gasteiger charge is 2.11. The van der Waals surface area contributed by atoms with Gasteiger partial charge in [-0.25, -0.2) is 4.98 Å². The maximum Gasteiger partial charge on any atom is 0.258 e. The van der Waals surface area contributed by atoms with Crippen molar-refractivity contribution in [2.45, 2.75) is 13.3 Å². The maximum atomic E-state index is 12.6. The zero-order chi connectivity index (χ0) is 18.1. The van der Waals surface area contributed by atoms with Crippen LogP contribution in [0.15, 0.2) is 47.5 Å². The molecule has 0 aliphatic carbocycles. The lowest BCUT2D eigenvalue weighted by molar-refractivity contribution is 0.736. The lowest BCUT2D eigenvalue weighted by Crippen LogP contribution is -2.21. The molecular formula is C20H19N5O. The first-order valence-corrected chi connectivity index (χ1v) is 8.57. The second-order valence-corrected chi connectivity index (χ2v) is 6.38. The minimum atomic E-state index is -0.139. The molecule has 0 atom stereocenters. The van der Waals surface area contributed by atoms with E-state index in [0.29, 0.717) is 11.3 Å². The Labute approximate surface area is 150 Å².